The summed E-state index contributed by atoms with van der Waals surface area (Å²) in [5.74, 6) is 0.486. The third-order valence-corrected chi connectivity index (χ3v) is 13.1. The Bertz CT molecular complexity index is 2320. The van der Waals surface area contributed by atoms with Crippen LogP contribution in [0.15, 0.2) is 121 Å². The highest BCUT2D eigenvalue weighted by Gasteiger charge is 2.24. The summed E-state index contributed by atoms with van der Waals surface area (Å²) in [6.45, 7) is 2.49. The number of nitrogens with zero attached hydrogens (tertiary/aromatic N) is 2. The average Bonchev–Trinajstić information content (AvgIpc) is 3.32. The summed E-state index contributed by atoms with van der Waals surface area (Å²) in [7, 11) is -8.51. The van der Waals surface area contributed by atoms with Crippen molar-refractivity contribution in [3.8, 4) is 0 Å². The number of hydrogen-bond acceptors (Lipinski definition) is 18. The molecule has 0 atom stereocenters. The van der Waals surface area contributed by atoms with Crippen molar-refractivity contribution < 1.29 is 55.2 Å². The molecule has 4 N–H and O–H groups in total. The standard InChI is InChI=1S/C46H58N6O12S4/c53-61-63-65-33-5-1-29-47-37-9-17-41(18-10-37)51(42-19-11-38(12-20-42)48-30-2-6-34-66-64-62-54)45-25-27-46(28-26-45)52(43-21-13-39(14-22-43)49-31-3-7-35-67(55,56)57)44-23-15-40(16-24-44)50-32-4-8-36-68(58,59)60/h9-28,47-48H,1-8,29-36H2,(H4-,49,50,53,54,55,56,57,58,59,60)/p-2. The maximum atomic E-state index is 11.0. The quantitative estimate of drug-likeness (QED) is 0.00758. The van der Waals surface area contributed by atoms with Crippen LogP contribution >= 0.6 is 24.1 Å². The molecule has 5 rings (SSSR count). The SMILES string of the molecule is O=S(=O)([O-])CCCCNc1ccc([N+](=C2C=CC(=[N+](c3ccc(NCCCCSOO[O-])cc3)c3ccc(NCCCCSOO[O-])cc3)C=C2)c2ccc(NCCCCS(=O)(=O)[O-])cc2)cc1. The fourth-order valence-electron chi connectivity index (χ4n) is 6.98. The van der Waals surface area contributed by atoms with Crippen LogP contribution in [0, 0.1) is 0 Å². The van der Waals surface area contributed by atoms with Gasteiger partial charge < -0.3 is 40.9 Å². The number of nitrogens with one attached hydrogen (secondary N) is 4. The molecule has 0 aromatic heterocycles. The van der Waals surface area contributed by atoms with Crippen molar-refractivity contribution in [2.75, 3.05) is 70.5 Å². The van der Waals surface area contributed by atoms with E-state index in [0.717, 1.165) is 120 Å². The maximum absolute atomic E-state index is 11.0. The molecule has 4 aromatic carbocycles. The second-order valence-electron chi connectivity index (χ2n) is 15.3. The summed E-state index contributed by atoms with van der Waals surface area (Å²) in [6, 6.07) is 32.1. The van der Waals surface area contributed by atoms with Gasteiger partial charge in [-0.25, -0.2) is 16.8 Å². The van der Waals surface area contributed by atoms with Crippen LogP contribution in [0.4, 0.5) is 45.5 Å². The van der Waals surface area contributed by atoms with E-state index in [2.05, 4.69) is 97.7 Å². The maximum Gasteiger partial charge on any atom is 0.212 e. The molecule has 368 valence electrons. The highest BCUT2D eigenvalue weighted by Crippen LogP contribution is 2.28. The van der Waals surface area contributed by atoms with Crippen molar-refractivity contribution in [1.29, 1.82) is 0 Å². The van der Waals surface area contributed by atoms with Gasteiger partial charge in [-0.15, -0.1) is 0 Å². The minimum absolute atomic E-state index is 0.273. The van der Waals surface area contributed by atoms with Crippen LogP contribution in [0.25, 0.3) is 0 Å². The van der Waals surface area contributed by atoms with E-state index in [1.165, 1.54) is 0 Å². The molecule has 0 aliphatic heterocycles. The molecule has 4 aromatic rings. The first kappa shape index (κ1) is 54.1. The van der Waals surface area contributed by atoms with Gasteiger partial charge in [0.1, 0.15) is 0 Å². The number of allylic oxidation sites excluding steroid dienone is 4. The Morgan fingerprint density at radius 2 is 0.676 bits per heavy atom. The van der Waals surface area contributed by atoms with Crippen molar-refractivity contribution in [3.63, 3.8) is 0 Å². The van der Waals surface area contributed by atoms with Crippen LogP contribution in [0.3, 0.4) is 0 Å². The molecule has 0 saturated carbocycles. The largest absolute Gasteiger partial charge is 0.748 e. The van der Waals surface area contributed by atoms with Gasteiger partial charge in [-0.2, -0.15) is 17.8 Å². The summed E-state index contributed by atoms with van der Waals surface area (Å²) in [5.41, 5.74) is 9.00. The molecule has 0 unspecified atom stereocenters. The third-order valence-electron chi connectivity index (χ3n) is 10.3. The topological polar surface area (TPSA) is 252 Å². The first-order chi connectivity index (χ1) is 32.9. The van der Waals surface area contributed by atoms with E-state index in [1.54, 1.807) is 0 Å². The molecule has 1 aliphatic carbocycles. The molecular formula is C46H56N6O12S4-2. The normalized spacial score (nSPS) is 12.6. The summed E-state index contributed by atoms with van der Waals surface area (Å²) in [5, 5.41) is 40.3. The molecule has 0 spiro atoms. The lowest BCUT2D eigenvalue weighted by atomic mass is 10.1. The Hall–Kier alpha value is -4.82. The van der Waals surface area contributed by atoms with Crippen LogP contribution in [0.1, 0.15) is 51.4 Å². The van der Waals surface area contributed by atoms with E-state index in [0.29, 0.717) is 37.4 Å². The lowest BCUT2D eigenvalue weighted by molar-refractivity contribution is -0.777. The minimum Gasteiger partial charge on any atom is -0.748 e. The molecule has 1 aliphatic rings. The second kappa shape index (κ2) is 29.3. The summed E-state index contributed by atoms with van der Waals surface area (Å²) in [6.07, 6.45) is 13.3. The van der Waals surface area contributed by atoms with Gasteiger partial charge in [-0.1, -0.05) is 0 Å². The molecule has 18 nitrogen and oxygen atoms in total. The van der Waals surface area contributed by atoms with Gasteiger partial charge in [0.25, 0.3) is 0 Å². The predicted octanol–water partition coefficient (Wildman–Crippen LogP) is 6.67. The Morgan fingerprint density at radius 3 is 0.926 bits per heavy atom. The van der Waals surface area contributed by atoms with Gasteiger partial charge in [0.15, 0.2) is 0 Å². The summed E-state index contributed by atoms with van der Waals surface area (Å²) >= 11 is 1.96. The number of hydrogen-bond donors (Lipinski definition) is 4. The molecule has 0 fully saturated rings. The van der Waals surface area contributed by atoms with Crippen molar-refractivity contribution in [1.82, 2.24) is 9.15 Å². The van der Waals surface area contributed by atoms with Crippen LogP contribution in [0.5, 0.6) is 0 Å². The molecule has 22 heteroatoms. The molecule has 0 bridgehead atoms. The first-order valence-electron chi connectivity index (χ1n) is 22.0. The Labute approximate surface area is 406 Å². The van der Waals surface area contributed by atoms with E-state index in [9.17, 15) is 36.5 Å². The molecule has 68 heavy (non-hydrogen) atoms. The van der Waals surface area contributed by atoms with E-state index in [-0.39, 0.29) is 12.8 Å². The fraction of sp³-hybridized carbons (Fsp3) is 0.348. The smallest absolute Gasteiger partial charge is 0.212 e. The number of unbranched alkanes of at least 4 members (excludes halogenated alkanes) is 4. The van der Waals surface area contributed by atoms with Crippen molar-refractivity contribution in [2.24, 2.45) is 0 Å². The molecule has 0 radical (unpaired) electrons. The predicted molar refractivity (Wildman–Crippen MR) is 266 cm³/mol. The van der Waals surface area contributed by atoms with Crippen LogP contribution < -0.4 is 40.9 Å². The highest BCUT2D eigenvalue weighted by molar-refractivity contribution is 7.94. The molecule has 0 heterocycles. The summed E-state index contributed by atoms with van der Waals surface area (Å²) < 4.78 is 79.0. The zero-order valence-electron chi connectivity index (χ0n) is 37.3. The molecule has 0 saturated heterocycles. The Balaban J connectivity index is 1.42. The van der Waals surface area contributed by atoms with E-state index >= 15 is 0 Å². The van der Waals surface area contributed by atoms with Gasteiger partial charge in [-0.05, 0) is 99.9 Å². The Morgan fingerprint density at radius 1 is 0.412 bits per heavy atom. The number of benzene rings is 4. The van der Waals surface area contributed by atoms with E-state index < -0.39 is 31.7 Å². The van der Waals surface area contributed by atoms with E-state index in [1.807, 2.05) is 72.8 Å². The third kappa shape index (κ3) is 20.0. The van der Waals surface area contributed by atoms with Crippen LogP contribution in [-0.4, -0.2) is 86.6 Å². The summed E-state index contributed by atoms with van der Waals surface area (Å²) in [4.78, 5) is 0. The molecular weight excluding hydrogens is 957 g/mol. The van der Waals surface area contributed by atoms with Gasteiger partial charge in [0, 0.05) is 169 Å². The average molecular weight is 1010 g/mol. The fourth-order valence-corrected chi connectivity index (χ4v) is 8.95. The molecule has 0 amide bonds. The van der Waals surface area contributed by atoms with Crippen molar-refractivity contribution >= 4 is 101 Å². The van der Waals surface area contributed by atoms with Crippen LogP contribution in [0.2, 0.25) is 0 Å². The Kier molecular flexibility index (Phi) is 23.3. The van der Waals surface area contributed by atoms with Gasteiger partial charge >= 0.3 is 0 Å². The van der Waals surface area contributed by atoms with Crippen molar-refractivity contribution in [2.45, 2.75) is 51.4 Å². The zero-order valence-corrected chi connectivity index (χ0v) is 40.6. The number of anilines is 4. The van der Waals surface area contributed by atoms with E-state index in [4.69, 9.17) is 0 Å². The zero-order chi connectivity index (χ0) is 48.5. The second-order valence-corrected chi connectivity index (χ2v) is 20.0. The van der Waals surface area contributed by atoms with Gasteiger partial charge in [0.05, 0.1) is 20.2 Å². The highest BCUT2D eigenvalue weighted by atomic mass is 32.2. The lowest BCUT2D eigenvalue weighted by Crippen LogP contribution is -2.20. The monoisotopic (exact) mass is 1010 g/mol. The minimum atomic E-state index is -4.25. The number of rotatable bonds is 32. The van der Waals surface area contributed by atoms with Gasteiger partial charge in [-0.3, -0.25) is 10.1 Å². The van der Waals surface area contributed by atoms with Gasteiger partial charge in [0.2, 0.25) is 34.2 Å². The first-order valence-corrected chi connectivity index (χ1v) is 27.0. The van der Waals surface area contributed by atoms with Crippen molar-refractivity contribution in [3.05, 3.63) is 121 Å². The van der Waals surface area contributed by atoms with Crippen LogP contribution in [-0.2, 0) is 39.0 Å². The lowest BCUT2D eigenvalue weighted by Gasteiger charge is -2.12.